The van der Waals surface area contributed by atoms with Crippen molar-refractivity contribution in [1.29, 1.82) is 0 Å². The van der Waals surface area contributed by atoms with Crippen LogP contribution in [0.1, 0.15) is 31.2 Å². The number of rotatable bonds is 4. The minimum Gasteiger partial charge on any atom is -0.442 e. The molecular formula is C17H23FN2O4S2. The standard InChI is InChI=1S/C17H23FN2O4S2/c1-11(25)19-9-14-10-20(17(21)24-14)13-2-3-15(16(18)8-13)12-4-6-26(22,23)7-5-12/h2-3,8,12,14,22-23H,4-7,9-10H2,1H3,(H,19,25). The number of anilines is 1. The summed E-state index contributed by atoms with van der Waals surface area (Å²) in [4.78, 5) is 14.1. The number of amides is 1. The van der Waals surface area contributed by atoms with Crippen molar-refractivity contribution < 1.29 is 23.0 Å². The van der Waals surface area contributed by atoms with Crippen molar-refractivity contribution in [3.05, 3.63) is 29.6 Å². The van der Waals surface area contributed by atoms with Crippen molar-refractivity contribution in [3.8, 4) is 0 Å². The van der Waals surface area contributed by atoms with Gasteiger partial charge in [-0.05, 0) is 43.4 Å². The van der Waals surface area contributed by atoms with Gasteiger partial charge in [-0.2, -0.15) is 10.6 Å². The molecule has 144 valence electrons. The first kappa shape index (κ1) is 19.3. The number of nitrogens with zero attached hydrogens (tertiary/aromatic N) is 1. The van der Waals surface area contributed by atoms with Crippen molar-refractivity contribution in [3.63, 3.8) is 0 Å². The van der Waals surface area contributed by atoms with Crippen LogP contribution in [-0.2, 0) is 4.74 Å². The van der Waals surface area contributed by atoms with Crippen LogP contribution in [0.4, 0.5) is 14.9 Å². The monoisotopic (exact) mass is 402 g/mol. The maximum atomic E-state index is 14.6. The average molecular weight is 403 g/mol. The molecule has 2 aliphatic rings. The molecular weight excluding hydrogens is 379 g/mol. The highest BCUT2D eigenvalue weighted by molar-refractivity contribution is 8.24. The van der Waals surface area contributed by atoms with Crippen LogP contribution >= 0.6 is 22.8 Å². The van der Waals surface area contributed by atoms with Crippen LogP contribution in [0, 0.1) is 5.82 Å². The minimum atomic E-state index is -2.49. The zero-order chi connectivity index (χ0) is 18.9. The van der Waals surface area contributed by atoms with Crippen LogP contribution in [0.3, 0.4) is 0 Å². The minimum absolute atomic E-state index is 0.0305. The van der Waals surface area contributed by atoms with Gasteiger partial charge >= 0.3 is 6.09 Å². The third kappa shape index (κ3) is 4.46. The summed E-state index contributed by atoms with van der Waals surface area (Å²) in [5.41, 5.74) is 1.02. The van der Waals surface area contributed by atoms with E-state index in [2.05, 4.69) is 5.32 Å². The lowest BCUT2D eigenvalue weighted by molar-refractivity contribution is 0.143. The highest BCUT2D eigenvalue weighted by Crippen LogP contribution is 2.48. The van der Waals surface area contributed by atoms with Crippen LogP contribution < -0.4 is 10.2 Å². The molecule has 1 unspecified atom stereocenters. The molecule has 26 heavy (non-hydrogen) atoms. The maximum Gasteiger partial charge on any atom is 0.414 e. The Morgan fingerprint density at radius 3 is 2.73 bits per heavy atom. The summed E-state index contributed by atoms with van der Waals surface area (Å²) in [5, 5.41) is 2.96. The highest BCUT2D eigenvalue weighted by Gasteiger charge is 2.33. The number of carbonyl (C=O) groups is 1. The van der Waals surface area contributed by atoms with Crippen molar-refractivity contribution >= 4 is 39.6 Å². The summed E-state index contributed by atoms with van der Waals surface area (Å²) in [6.07, 6.45) is 0.258. The summed E-state index contributed by atoms with van der Waals surface area (Å²) < 4.78 is 39.3. The first-order chi connectivity index (χ1) is 12.2. The average Bonchev–Trinajstić information content (AvgIpc) is 2.94. The summed E-state index contributed by atoms with van der Waals surface area (Å²) in [6, 6.07) is 4.75. The van der Waals surface area contributed by atoms with Gasteiger partial charge in [-0.15, -0.1) is 0 Å². The highest BCUT2D eigenvalue weighted by atomic mass is 32.3. The number of halogens is 1. The fourth-order valence-corrected chi connectivity index (χ4v) is 4.94. The van der Waals surface area contributed by atoms with Gasteiger partial charge in [-0.25, -0.2) is 9.18 Å². The second-order valence-electron chi connectivity index (χ2n) is 6.74. The number of benzene rings is 1. The zero-order valence-corrected chi connectivity index (χ0v) is 16.1. The Morgan fingerprint density at radius 2 is 2.12 bits per heavy atom. The fraction of sp³-hybridized carbons (Fsp3) is 0.529. The molecule has 3 rings (SSSR count). The molecule has 3 N–H and O–H groups in total. The van der Waals surface area contributed by atoms with E-state index in [9.17, 15) is 18.3 Å². The lowest BCUT2D eigenvalue weighted by Gasteiger charge is -2.39. The summed E-state index contributed by atoms with van der Waals surface area (Å²) in [6.45, 7) is 2.51. The van der Waals surface area contributed by atoms with Crippen molar-refractivity contribution in [2.45, 2.75) is 31.8 Å². The molecule has 0 radical (unpaired) electrons. The van der Waals surface area contributed by atoms with Crippen molar-refractivity contribution in [1.82, 2.24) is 5.32 Å². The van der Waals surface area contributed by atoms with Crippen LogP contribution in [0.25, 0.3) is 0 Å². The van der Waals surface area contributed by atoms with Gasteiger partial charge in [0.2, 0.25) is 0 Å². The molecule has 0 spiro atoms. The van der Waals surface area contributed by atoms with Gasteiger partial charge in [0.25, 0.3) is 0 Å². The molecule has 0 aliphatic carbocycles. The Hall–Kier alpha value is -1.42. The van der Waals surface area contributed by atoms with Crippen LogP contribution in [0.5, 0.6) is 0 Å². The summed E-state index contributed by atoms with van der Waals surface area (Å²) in [7, 11) is -2.49. The number of hydrogen-bond acceptors (Lipinski definition) is 5. The van der Waals surface area contributed by atoms with E-state index in [0.717, 1.165) is 0 Å². The third-order valence-corrected chi connectivity index (χ3v) is 6.70. The smallest absolute Gasteiger partial charge is 0.414 e. The topological polar surface area (TPSA) is 82.0 Å². The molecule has 2 aliphatic heterocycles. The lowest BCUT2D eigenvalue weighted by atomic mass is 9.93. The van der Waals surface area contributed by atoms with E-state index in [1.165, 1.54) is 11.0 Å². The largest absolute Gasteiger partial charge is 0.442 e. The maximum absolute atomic E-state index is 14.6. The van der Waals surface area contributed by atoms with E-state index in [4.69, 9.17) is 17.0 Å². The van der Waals surface area contributed by atoms with E-state index in [1.807, 2.05) is 0 Å². The summed E-state index contributed by atoms with van der Waals surface area (Å²) >= 11 is 4.95. The zero-order valence-electron chi connectivity index (χ0n) is 14.5. The molecule has 0 bridgehead atoms. The van der Waals surface area contributed by atoms with Gasteiger partial charge in [-0.1, -0.05) is 18.3 Å². The van der Waals surface area contributed by atoms with Crippen LogP contribution in [-0.4, -0.2) is 50.9 Å². The van der Waals surface area contributed by atoms with Gasteiger partial charge in [-0.3, -0.25) is 14.0 Å². The molecule has 1 atom stereocenters. The van der Waals surface area contributed by atoms with E-state index in [-0.39, 0.29) is 17.8 Å². The Balaban J connectivity index is 1.68. The van der Waals surface area contributed by atoms with Crippen LogP contribution in [0.15, 0.2) is 18.2 Å². The van der Waals surface area contributed by atoms with Gasteiger partial charge < -0.3 is 10.1 Å². The third-order valence-electron chi connectivity index (χ3n) is 4.77. The second-order valence-corrected chi connectivity index (χ2v) is 9.78. The second kappa shape index (κ2) is 7.67. The van der Waals surface area contributed by atoms with Gasteiger partial charge in [0, 0.05) is 11.5 Å². The Morgan fingerprint density at radius 1 is 1.42 bits per heavy atom. The van der Waals surface area contributed by atoms with E-state index < -0.39 is 16.7 Å². The van der Waals surface area contributed by atoms with Gasteiger partial charge in [0.05, 0.1) is 23.8 Å². The Kier molecular flexibility index (Phi) is 5.71. The van der Waals surface area contributed by atoms with Crippen molar-refractivity contribution in [2.24, 2.45) is 0 Å². The molecule has 2 fully saturated rings. The molecule has 1 aromatic carbocycles. The molecule has 1 aromatic rings. The molecule has 1 amide bonds. The lowest BCUT2D eigenvalue weighted by Crippen LogP contribution is -2.32. The number of carbonyl (C=O) groups excluding carboxylic acids is 1. The normalized spacial score (nSPS) is 24.2. The first-order valence-electron chi connectivity index (χ1n) is 8.51. The molecule has 9 heteroatoms. The predicted molar refractivity (Wildman–Crippen MR) is 105 cm³/mol. The number of ether oxygens (including phenoxy) is 1. The molecule has 0 aromatic heterocycles. The molecule has 6 nitrogen and oxygen atoms in total. The molecule has 2 saturated heterocycles. The SMILES string of the molecule is CC(=S)NCC1CN(c2ccc(C3CCS(O)(O)CC3)c(F)c2)C(=O)O1. The van der Waals surface area contributed by atoms with Gasteiger partial charge in [0.15, 0.2) is 0 Å². The number of hydrogen-bond donors (Lipinski definition) is 3. The summed E-state index contributed by atoms with van der Waals surface area (Å²) in [5.74, 6) is 0.211. The van der Waals surface area contributed by atoms with Crippen molar-refractivity contribution in [2.75, 3.05) is 29.5 Å². The van der Waals surface area contributed by atoms with E-state index >= 15 is 0 Å². The van der Waals surface area contributed by atoms with E-state index in [1.54, 1.807) is 19.1 Å². The molecule has 0 saturated carbocycles. The van der Waals surface area contributed by atoms with Crippen LogP contribution in [0.2, 0.25) is 0 Å². The first-order valence-corrected chi connectivity index (χ1v) is 10.8. The predicted octanol–water partition coefficient (Wildman–Crippen LogP) is 3.72. The number of nitrogens with one attached hydrogen (secondary N) is 1. The molecule has 2 heterocycles. The number of cyclic esters (lactones) is 1. The Bertz CT molecular complexity index is 706. The number of thiocarbonyl (C=S) groups is 1. The fourth-order valence-electron chi connectivity index (χ4n) is 3.33. The quantitative estimate of drug-likeness (QED) is 0.666. The Labute approximate surface area is 159 Å². The van der Waals surface area contributed by atoms with E-state index in [0.29, 0.717) is 53.7 Å². The van der Waals surface area contributed by atoms with Gasteiger partial charge in [0.1, 0.15) is 11.9 Å².